The maximum atomic E-state index is 13.0. The van der Waals surface area contributed by atoms with Crippen LogP contribution in [-0.2, 0) is 0 Å². The van der Waals surface area contributed by atoms with Gasteiger partial charge in [-0.1, -0.05) is 61.3 Å². The highest BCUT2D eigenvalue weighted by atomic mass is 32.2. The van der Waals surface area contributed by atoms with Gasteiger partial charge in [0.15, 0.2) is 0 Å². The molecule has 0 atom stereocenters. The van der Waals surface area contributed by atoms with Gasteiger partial charge >= 0.3 is 0 Å². The smallest absolute Gasteiger partial charge is 0.296 e. The third-order valence-electron chi connectivity index (χ3n) is 4.22. The number of carbonyl (C=O) groups excluding carboxylic acids is 2. The highest BCUT2D eigenvalue weighted by Crippen LogP contribution is 2.21. The van der Waals surface area contributed by atoms with Crippen LogP contribution in [0.15, 0.2) is 16.9 Å². The summed E-state index contributed by atoms with van der Waals surface area (Å²) < 4.78 is 1.85. The average Bonchev–Trinajstić information content (AvgIpc) is 3.30. The first-order valence-corrected chi connectivity index (χ1v) is 11.6. The van der Waals surface area contributed by atoms with Crippen molar-refractivity contribution in [3.05, 3.63) is 33.7 Å². The van der Waals surface area contributed by atoms with Crippen molar-refractivity contribution in [3.8, 4) is 0 Å². The molecule has 1 aromatic rings. The molecule has 2 aliphatic rings. The van der Waals surface area contributed by atoms with Gasteiger partial charge in [-0.2, -0.15) is 0 Å². The molecule has 2 saturated heterocycles. The Kier molecular flexibility index (Phi) is 7.13. The van der Waals surface area contributed by atoms with Gasteiger partial charge in [0.25, 0.3) is 17.4 Å². The number of hydrogen-bond acceptors (Lipinski definition) is 8. The molecule has 0 unspecified atom stereocenters. The van der Waals surface area contributed by atoms with E-state index in [9.17, 15) is 14.4 Å². The Balaban J connectivity index is 1.98. The van der Waals surface area contributed by atoms with E-state index in [2.05, 4.69) is 0 Å². The number of aromatic nitrogens is 1. The zero-order valence-corrected chi connectivity index (χ0v) is 18.5. The summed E-state index contributed by atoms with van der Waals surface area (Å²) in [5.74, 6) is 0.535. The lowest BCUT2D eigenvalue weighted by molar-refractivity contribution is 0.0683. The predicted octanol–water partition coefficient (Wildman–Crippen LogP) is 2.02. The minimum absolute atomic E-state index is 0.0564. The predicted molar refractivity (Wildman–Crippen MR) is 119 cm³/mol. The van der Waals surface area contributed by atoms with Gasteiger partial charge in [-0.3, -0.25) is 24.2 Å². The van der Waals surface area contributed by atoms with Crippen molar-refractivity contribution in [1.29, 1.82) is 0 Å². The van der Waals surface area contributed by atoms with Crippen molar-refractivity contribution >= 4 is 68.4 Å². The molecule has 0 radical (unpaired) electrons. The number of rotatable bonds is 6. The Morgan fingerprint density at radius 3 is 2.21 bits per heavy atom. The lowest BCUT2D eigenvalue weighted by Crippen LogP contribution is -2.42. The summed E-state index contributed by atoms with van der Waals surface area (Å²) in [6, 6.07) is 2.82. The molecule has 0 saturated carbocycles. The zero-order chi connectivity index (χ0) is 20.3. The third kappa shape index (κ3) is 4.27. The van der Waals surface area contributed by atoms with E-state index in [-0.39, 0.29) is 17.9 Å². The highest BCUT2D eigenvalue weighted by Gasteiger charge is 2.31. The van der Waals surface area contributed by atoms with Crippen molar-refractivity contribution in [2.75, 3.05) is 31.2 Å². The quantitative estimate of drug-likeness (QED) is 0.475. The number of carbonyl (C=O) groups is 2. The maximum Gasteiger partial charge on any atom is 0.296 e. The van der Waals surface area contributed by atoms with E-state index in [0.29, 0.717) is 39.7 Å². The van der Waals surface area contributed by atoms with Gasteiger partial charge < -0.3 is 4.84 Å². The van der Waals surface area contributed by atoms with Crippen LogP contribution in [0, 0.1) is 0 Å². The molecule has 2 aliphatic heterocycles. The van der Waals surface area contributed by atoms with Crippen LogP contribution in [-0.4, -0.2) is 66.2 Å². The van der Waals surface area contributed by atoms with E-state index in [1.807, 2.05) is 6.92 Å². The Bertz CT molecular complexity index is 886. The second kappa shape index (κ2) is 9.38. The van der Waals surface area contributed by atoms with Gasteiger partial charge in [-0.15, -0.1) is 4.73 Å². The van der Waals surface area contributed by atoms with Gasteiger partial charge in [0.05, 0.1) is 0 Å². The van der Waals surface area contributed by atoms with E-state index >= 15 is 0 Å². The van der Waals surface area contributed by atoms with Crippen LogP contribution >= 0.6 is 48.0 Å². The maximum absolute atomic E-state index is 13.0. The second-order valence-electron chi connectivity index (χ2n) is 6.06. The molecule has 0 bridgehead atoms. The molecule has 0 aromatic carbocycles. The van der Waals surface area contributed by atoms with Crippen LogP contribution in [0.3, 0.4) is 0 Å². The Morgan fingerprint density at radius 1 is 1.07 bits per heavy atom. The fourth-order valence-electron chi connectivity index (χ4n) is 2.71. The van der Waals surface area contributed by atoms with E-state index in [1.54, 1.807) is 0 Å². The van der Waals surface area contributed by atoms with Crippen molar-refractivity contribution in [3.63, 3.8) is 0 Å². The molecular weight excluding hydrogens is 438 g/mol. The molecule has 7 nitrogen and oxygen atoms in total. The van der Waals surface area contributed by atoms with Crippen molar-refractivity contribution < 1.29 is 14.4 Å². The first-order chi connectivity index (χ1) is 13.5. The molecule has 28 heavy (non-hydrogen) atoms. The first kappa shape index (κ1) is 21.3. The summed E-state index contributed by atoms with van der Waals surface area (Å²) in [7, 11) is 0. The Hall–Kier alpha value is -1.43. The van der Waals surface area contributed by atoms with Crippen molar-refractivity contribution in [1.82, 2.24) is 14.5 Å². The van der Waals surface area contributed by atoms with Crippen LogP contribution in [0.5, 0.6) is 0 Å². The molecule has 150 valence electrons. The zero-order valence-electron chi connectivity index (χ0n) is 15.2. The lowest BCUT2D eigenvalue weighted by Gasteiger charge is -2.20. The summed E-state index contributed by atoms with van der Waals surface area (Å²) in [6.07, 6.45) is 1.58. The molecule has 2 amide bonds. The Morgan fingerprint density at radius 2 is 1.68 bits per heavy atom. The van der Waals surface area contributed by atoms with E-state index in [0.717, 1.165) is 11.2 Å². The summed E-state index contributed by atoms with van der Waals surface area (Å²) in [5, 5.41) is 0. The monoisotopic (exact) mass is 457 g/mol. The molecule has 3 heterocycles. The number of amides is 2. The third-order valence-corrected chi connectivity index (χ3v) is 7.08. The number of thiocarbonyl (C=S) groups is 2. The van der Waals surface area contributed by atoms with E-state index in [1.165, 1.54) is 45.5 Å². The number of pyridine rings is 1. The van der Waals surface area contributed by atoms with Crippen molar-refractivity contribution in [2.24, 2.45) is 0 Å². The largest absolute Gasteiger partial charge is 0.410 e. The number of nitrogens with zero attached hydrogens (tertiary/aromatic N) is 3. The standard InChI is InChI=1S/C17H19N3O4S4/c1-2-3-8-24-20-12(15(23)19-7-10-28-17(19)26)5-4-11(14(20)22)13(21)18-6-9-27-16(18)25/h4-5H,2-3,6-10H2,1H3. The fourth-order valence-corrected chi connectivity index (χ4v) is 5.11. The number of hydrogen-bond donors (Lipinski definition) is 0. The minimum Gasteiger partial charge on any atom is -0.410 e. The average molecular weight is 458 g/mol. The number of thioether (sulfide) groups is 2. The Labute approximate surface area is 181 Å². The lowest BCUT2D eigenvalue weighted by atomic mass is 10.2. The molecular formula is C17H19N3O4S4. The van der Waals surface area contributed by atoms with Gasteiger partial charge in [-0.05, 0) is 18.6 Å². The van der Waals surface area contributed by atoms with Crippen LogP contribution in [0.4, 0.5) is 0 Å². The summed E-state index contributed by atoms with van der Waals surface area (Å²) >= 11 is 13.2. The van der Waals surface area contributed by atoms with Crippen LogP contribution in [0.1, 0.15) is 40.6 Å². The first-order valence-electron chi connectivity index (χ1n) is 8.82. The highest BCUT2D eigenvalue weighted by molar-refractivity contribution is 8.23. The normalized spacial score (nSPS) is 16.8. The fraction of sp³-hybridized carbons (Fsp3) is 0.471. The SMILES string of the molecule is CCCCOn1c(C(=O)N2CCSC2=S)ccc(C(=O)N2CCSC2=S)c1=O. The summed E-state index contributed by atoms with van der Waals surface area (Å²) in [6.45, 7) is 3.18. The second-order valence-corrected chi connectivity index (χ2v) is 9.52. The molecule has 0 N–H and O–H groups in total. The van der Waals surface area contributed by atoms with Crippen molar-refractivity contribution in [2.45, 2.75) is 19.8 Å². The molecule has 3 rings (SSSR count). The van der Waals surface area contributed by atoms with Crippen LogP contribution < -0.4 is 10.4 Å². The minimum atomic E-state index is -0.663. The van der Waals surface area contributed by atoms with Gasteiger partial charge in [-0.25, -0.2) is 0 Å². The van der Waals surface area contributed by atoms with Gasteiger partial charge in [0, 0.05) is 24.6 Å². The summed E-state index contributed by atoms with van der Waals surface area (Å²) in [4.78, 5) is 47.2. The molecule has 1 aromatic heterocycles. The summed E-state index contributed by atoms with van der Waals surface area (Å²) in [5.41, 5.74) is -0.679. The van der Waals surface area contributed by atoms with Crippen LogP contribution in [0.2, 0.25) is 0 Å². The molecule has 2 fully saturated rings. The number of unbranched alkanes of at least 4 members (excludes halogenated alkanes) is 1. The van der Waals surface area contributed by atoms with Gasteiger partial charge in [0.2, 0.25) is 0 Å². The topological polar surface area (TPSA) is 71.8 Å². The van der Waals surface area contributed by atoms with E-state index in [4.69, 9.17) is 29.3 Å². The molecule has 0 spiro atoms. The molecule has 11 heteroatoms. The van der Waals surface area contributed by atoms with Gasteiger partial charge in [0.1, 0.15) is 26.5 Å². The van der Waals surface area contributed by atoms with E-state index < -0.39 is 17.4 Å². The van der Waals surface area contributed by atoms with Crippen LogP contribution in [0.25, 0.3) is 0 Å². The molecule has 0 aliphatic carbocycles.